The van der Waals surface area contributed by atoms with E-state index in [1.54, 1.807) is 44.1 Å². The molecule has 1 rings (SSSR count). The smallest absolute Gasteiger partial charge is 0.408 e. The van der Waals surface area contributed by atoms with Crippen molar-refractivity contribution in [3.8, 4) is 0 Å². The van der Waals surface area contributed by atoms with E-state index in [0.717, 1.165) is 4.88 Å². The Morgan fingerprint density at radius 1 is 1.38 bits per heavy atom. The molecule has 0 aliphatic heterocycles. The van der Waals surface area contributed by atoms with Crippen molar-refractivity contribution >= 4 is 41.1 Å². The maximum absolute atomic E-state index is 12.1. The average molecular weight is 403 g/mol. The van der Waals surface area contributed by atoms with Gasteiger partial charge in [0.1, 0.15) is 11.6 Å². The number of carboxylic acids is 1. The fourth-order valence-corrected chi connectivity index (χ4v) is 3.60. The second kappa shape index (κ2) is 10.4. The van der Waals surface area contributed by atoms with Crippen LogP contribution in [0.2, 0.25) is 0 Å². The van der Waals surface area contributed by atoms with E-state index >= 15 is 0 Å². The Bertz CT molecular complexity index is 599. The van der Waals surface area contributed by atoms with Gasteiger partial charge < -0.3 is 20.1 Å². The van der Waals surface area contributed by atoms with E-state index in [9.17, 15) is 19.5 Å². The SMILES string of the molecule is CN(Cc1cccs1)C(=O)CSCCC(NC(=O)OC(C)(C)C)C(=O)O. The Balaban J connectivity index is 2.32. The van der Waals surface area contributed by atoms with Crippen molar-refractivity contribution < 1.29 is 24.2 Å². The molecule has 0 spiro atoms. The second-order valence-corrected chi connectivity index (χ2v) is 8.84. The van der Waals surface area contributed by atoms with Gasteiger partial charge >= 0.3 is 12.1 Å². The number of carbonyl (C=O) groups excluding carboxylic acids is 2. The second-order valence-electron chi connectivity index (χ2n) is 6.71. The van der Waals surface area contributed by atoms with Gasteiger partial charge in [0.25, 0.3) is 0 Å². The number of alkyl carbamates (subject to hydrolysis) is 1. The molecule has 7 nitrogen and oxygen atoms in total. The summed E-state index contributed by atoms with van der Waals surface area (Å²) in [6, 6.07) is 2.87. The van der Waals surface area contributed by atoms with E-state index < -0.39 is 23.7 Å². The molecule has 0 fully saturated rings. The van der Waals surface area contributed by atoms with Crippen molar-refractivity contribution in [2.45, 2.75) is 45.4 Å². The number of hydrogen-bond acceptors (Lipinski definition) is 6. The summed E-state index contributed by atoms with van der Waals surface area (Å²) in [5.74, 6) is -0.445. The highest BCUT2D eigenvalue weighted by atomic mass is 32.2. The van der Waals surface area contributed by atoms with Crippen molar-refractivity contribution in [3.63, 3.8) is 0 Å². The number of nitrogens with one attached hydrogen (secondary N) is 1. The molecule has 0 saturated carbocycles. The summed E-state index contributed by atoms with van der Waals surface area (Å²) >= 11 is 2.94. The monoisotopic (exact) mass is 402 g/mol. The van der Waals surface area contributed by atoms with Crippen LogP contribution < -0.4 is 5.32 Å². The molecule has 9 heteroatoms. The molecule has 26 heavy (non-hydrogen) atoms. The maximum Gasteiger partial charge on any atom is 0.408 e. The van der Waals surface area contributed by atoms with Crippen molar-refractivity contribution in [1.29, 1.82) is 0 Å². The highest BCUT2D eigenvalue weighted by Crippen LogP contribution is 2.13. The lowest BCUT2D eigenvalue weighted by atomic mass is 10.2. The number of aliphatic carboxylic acids is 1. The first-order valence-electron chi connectivity index (χ1n) is 8.15. The third-order valence-electron chi connectivity index (χ3n) is 3.16. The molecular weight excluding hydrogens is 376 g/mol. The number of carbonyl (C=O) groups is 3. The summed E-state index contributed by atoms with van der Waals surface area (Å²) < 4.78 is 5.06. The average Bonchev–Trinajstić information content (AvgIpc) is 3.00. The van der Waals surface area contributed by atoms with Crippen LogP contribution >= 0.6 is 23.1 Å². The summed E-state index contributed by atoms with van der Waals surface area (Å²) in [7, 11) is 1.74. The molecule has 0 aliphatic carbocycles. The van der Waals surface area contributed by atoms with E-state index in [2.05, 4.69) is 5.32 Å². The van der Waals surface area contributed by atoms with E-state index in [1.165, 1.54) is 11.8 Å². The number of nitrogens with zero attached hydrogens (tertiary/aromatic N) is 1. The third-order valence-corrected chi connectivity index (χ3v) is 5.00. The van der Waals surface area contributed by atoms with E-state index in [4.69, 9.17) is 4.74 Å². The van der Waals surface area contributed by atoms with Crippen LogP contribution in [0.1, 0.15) is 32.1 Å². The predicted octanol–water partition coefficient (Wildman–Crippen LogP) is 2.81. The molecule has 2 amide bonds. The van der Waals surface area contributed by atoms with Gasteiger partial charge in [-0.25, -0.2) is 9.59 Å². The molecule has 0 radical (unpaired) electrons. The van der Waals surface area contributed by atoms with Crippen LogP contribution in [-0.2, 0) is 20.9 Å². The summed E-state index contributed by atoms with van der Waals surface area (Å²) in [6.45, 7) is 5.68. The molecule has 2 N–H and O–H groups in total. The van der Waals surface area contributed by atoms with Crippen LogP contribution in [0.25, 0.3) is 0 Å². The molecule has 1 atom stereocenters. The van der Waals surface area contributed by atoms with Gasteiger partial charge in [-0.05, 0) is 44.4 Å². The number of thiophene rings is 1. The number of ether oxygens (including phenoxy) is 1. The van der Waals surface area contributed by atoms with Gasteiger partial charge in [-0.1, -0.05) is 6.07 Å². The van der Waals surface area contributed by atoms with Gasteiger partial charge in [0.2, 0.25) is 5.91 Å². The minimum atomic E-state index is -1.13. The normalized spacial score (nSPS) is 12.3. The summed E-state index contributed by atoms with van der Waals surface area (Å²) in [5.41, 5.74) is -0.693. The van der Waals surface area contributed by atoms with Crippen LogP contribution in [0.5, 0.6) is 0 Å². The number of rotatable bonds is 9. The van der Waals surface area contributed by atoms with E-state index in [1.807, 2.05) is 17.5 Å². The first-order valence-corrected chi connectivity index (χ1v) is 10.2. The summed E-state index contributed by atoms with van der Waals surface area (Å²) in [4.78, 5) is 37.8. The lowest BCUT2D eigenvalue weighted by molar-refractivity contribution is -0.139. The first-order chi connectivity index (χ1) is 12.1. The summed E-state index contributed by atoms with van der Waals surface area (Å²) in [5, 5.41) is 13.5. The van der Waals surface area contributed by atoms with Gasteiger partial charge in [0, 0.05) is 11.9 Å². The fourth-order valence-electron chi connectivity index (χ4n) is 1.90. The highest BCUT2D eigenvalue weighted by Gasteiger charge is 2.23. The molecular formula is C17H26N2O5S2. The van der Waals surface area contributed by atoms with Gasteiger partial charge in [-0.15, -0.1) is 11.3 Å². The molecule has 1 aromatic heterocycles. The van der Waals surface area contributed by atoms with Crippen molar-refractivity contribution in [3.05, 3.63) is 22.4 Å². The lowest BCUT2D eigenvalue weighted by Crippen LogP contribution is -2.43. The van der Waals surface area contributed by atoms with Crippen LogP contribution in [0.4, 0.5) is 4.79 Å². The van der Waals surface area contributed by atoms with Gasteiger partial charge in [0.15, 0.2) is 0 Å². The molecule has 1 heterocycles. The minimum Gasteiger partial charge on any atom is -0.480 e. The van der Waals surface area contributed by atoms with Crippen LogP contribution in [0, 0.1) is 0 Å². The first kappa shape index (κ1) is 22.3. The maximum atomic E-state index is 12.1. The zero-order valence-corrected chi connectivity index (χ0v) is 17.1. The molecule has 0 aliphatic rings. The Hall–Kier alpha value is -1.74. The van der Waals surface area contributed by atoms with Crippen molar-refractivity contribution in [2.24, 2.45) is 0 Å². The van der Waals surface area contributed by atoms with Crippen LogP contribution in [-0.4, -0.2) is 58.2 Å². The molecule has 1 aromatic rings. The Morgan fingerprint density at radius 2 is 2.08 bits per heavy atom. The lowest BCUT2D eigenvalue weighted by Gasteiger charge is -2.22. The van der Waals surface area contributed by atoms with E-state index in [-0.39, 0.29) is 18.1 Å². The zero-order chi connectivity index (χ0) is 19.7. The molecule has 0 aromatic carbocycles. The van der Waals surface area contributed by atoms with Crippen LogP contribution in [0.3, 0.4) is 0 Å². The van der Waals surface area contributed by atoms with Crippen molar-refractivity contribution in [2.75, 3.05) is 18.6 Å². The minimum absolute atomic E-state index is 0.0182. The van der Waals surface area contributed by atoms with E-state index in [0.29, 0.717) is 12.3 Å². The Morgan fingerprint density at radius 3 is 2.62 bits per heavy atom. The van der Waals surface area contributed by atoms with Gasteiger partial charge in [0.05, 0.1) is 12.3 Å². The van der Waals surface area contributed by atoms with Crippen molar-refractivity contribution in [1.82, 2.24) is 10.2 Å². The fraction of sp³-hybridized carbons (Fsp3) is 0.588. The highest BCUT2D eigenvalue weighted by molar-refractivity contribution is 7.99. The zero-order valence-electron chi connectivity index (χ0n) is 15.5. The molecule has 1 unspecified atom stereocenters. The quantitative estimate of drug-likeness (QED) is 0.617. The Labute approximate surface area is 162 Å². The predicted molar refractivity (Wildman–Crippen MR) is 104 cm³/mol. The van der Waals surface area contributed by atoms with Gasteiger partial charge in [-0.3, -0.25) is 4.79 Å². The van der Waals surface area contributed by atoms with Crippen LogP contribution in [0.15, 0.2) is 17.5 Å². The summed E-state index contributed by atoms with van der Waals surface area (Å²) in [6.07, 6.45) is -0.553. The number of carboxylic acid groups (broad SMARTS) is 1. The Kier molecular flexibility index (Phi) is 8.94. The molecule has 0 bridgehead atoms. The number of thioether (sulfide) groups is 1. The third kappa shape index (κ3) is 9.10. The molecule has 0 saturated heterocycles. The number of amides is 2. The standard InChI is InChI=1S/C17H26N2O5S2/c1-17(2,3)24-16(23)18-13(15(21)22)7-9-25-11-14(20)19(4)10-12-6-5-8-26-12/h5-6,8,13H,7,9-11H2,1-4H3,(H,18,23)(H,21,22). The number of hydrogen-bond donors (Lipinski definition) is 2. The largest absolute Gasteiger partial charge is 0.480 e. The topological polar surface area (TPSA) is 95.9 Å². The molecule has 146 valence electrons. The van der Waals surface area contributed by atoms with Gasteiger partial charge in [-0.2, -0.15) is 11.8 Å².